The predicted molar refractivity (Wildman–Crippen MR) is 76.6 cm³/mol. The minimum atomic E-state index is -0.516. The van der Waals surface area contributed by atoms with Crippen molar-refractivity contribution in [2.24, 2.45) is 0 Å². The second kappa shape index (κ2) is 4.67. The fraction of sp³-hybridized carbons (Fsp3) is 0.312. The van der Waals surface area contributed by atoms with Gasteiger partial charge < -0.3 is 10.0 Å². The fourth-order valence-electron chi connectivity index (χ4n) is 2.75. The second-order valence-corrected chi connectivity index (χ2v) is 5.17. The molecule has 0 fully saturated rings. The molecule has 1 aliphatic heterocycles. The normalized spacial score (nSPS) is 19.3. The molecule has 0 saturated carbocycles. The molecule has 1 N–H and O–H groups in total. The number of aliphatic hydroxyl groups is 1. The quantitative estimate of drug-likeness (QED) is 0.894. The van der Waals surface area contributed by atoms with E-state index < -0.39 is 6.10 Å². The number of anilines is 2. The Labute approximate surface area is 113 Å². The Bertz CT molecular complexity index is 578. The van der Waals surface area contributed by atoms with Crippen LogP contribution in [0.3, 0.4) is 0 Å². The van der Waals surface area contributed by atoms with Gasteiger partial charge >= 0.3 is 0 Å². The third-order valence-electron chi connectivity index (χ3n) is 3.68. The summed E-state index contributed by atoms with van der Waals surface area (Å²) in [6.45, 7) is 3.96. The summed E-state index contributed by atoms with van der Waals surface area (Å²) in [5.74, 6) is 0. The SMILES string of the molecule is CC(O)c1ccc(N2c3ccccc3CC2C)cn1. The first-order valence-electron chi connectivity index (χ1n) is 6.68. The number of aliphatic hydroxyl groups excluding tert-OH is 1. The number of hydrogen-bond acceptors (Lipinski definition) is 3. The molecule has 0 bridgehead atoms. The van der Waals surface area contributed by atoms with Gasteiger partial charge in [0, 0.05) is 11.7 Å². The summed E-state index contributed by atoms with van der Waals surface area (Å²) < 4.78 is 0. The van der Waals surface area contributed by atoms with Gasteiger partial charge in [-0.25, -0.2) is 0 Å². The Hall–Kier alpha value is -1.87. The molecule has 0 saturated heterocycles. The van der Waals surface area contributed by atoms with Gasteiger partial charge in [0.15, 0.2) is 0 Å². The van der Waals surface area contributed by atoms with E-state index in [-0.39, 0.29) is 0 Å². The highest BCUT2D eigenvalue weighted by atomic mass is 16.3. The van der Waals surface area contributed by atoms with Crippen molar-refractivity contribution in [1.82, 2.24) is 4.98 Å². The molecule has 0 radical (unpaired) electrons. The van der Waals surface area contributed by atoms with Crippen molar-refractivity contribution in [1.29, 1.82) is 0 Å². The van der Waals surface area contributed by atoms with Crippen LogP contribution in [0.15, 0.2) is 42.6 Å². The minimum absolute atomic E-state index is 0.441. The molecular weight excluding hydrogens is 236 g/mol. The van der Waals surface area contributed by atoms with Crippen LogP contribution < -0.4 is 4.90 Å². The summed E-state index contributed by atoms with van der Waals surface area (Å²) in [4.78, 5) is 6.65. The van der Waals surface area contributed by atoms with Crippen molar-refractivity contribution < 1.29 is 5.11 Å². The first kappa shape index (κ1) is 12.2. The molecule has 1 aliphatic rings. The summed E-state index contributed by atoms with van der Waals surface area (Å²) >= 11 is 0. The Morgan fingerprint density at radius 1 is 1.26 bits per heavy atom. The molecule has 2 atom stereocenters. The first-order chi connectivity index (χ1) is 9.16. The molecule has 1 aromatic carbocycles. The lowest BCUT2D eigenvalue weighted by molar-refractivity contribution is 0.194. The number of hydrogen-bond donors (Lipinski definition) is 1. The van der Waals surface area contributed by atoms with Gasteiger partial charge in [-0.05, 0) is 44.0 Å². The van der Waals surface area contributed by atoms with Crippen LogP contribution in [0, 0.1) is 0 Å². The zero-order valence-corrected chi connectivity index (χ0v) is 11.2. The van der Waals surface area contributed by atoms with Gasteiger partial charge in [-0.3, -0.25) is 4.98 Å². The van der Waals surface area contributed by atoms with Gasteiger partial charge in [0.2, 0.25) is 0 Å². The van der Waals surface area contributed by atoms with E-state index in [1.165, 1.54) is 11.3 Å². The van der Waals surface area contributed by atoms with Crippen molar-refractivity contribution >= 4 is 11.4 Å². The van der Waals surface area contributed by atoms with E-state index in [1.54, 1.807) is 6.92 Å². The van der Waals surface area contributed by atoms with Crippen molar-refractivity contribution in [2.45, 2.75) is 32.4 Å². The standard InChI is InChI=1S/C16H18N2O/c1-11-9-13-5-3-4-6-16(13)18(11)14-7-8-15(12(2)19)17-10-14/h3-8,10-12,19H,9H2,1-2H3. The number of para-hydroxylation sites is 1. The lowest BCUT2D eigenvalue weighted by atomic mass is 10.1. The number of rotatable bonds is 2. The summed E-state index contributed by atoms with van der Waals surface area (Å²) in [6, 6.07) is 12.9. The van der Waals surface area contributed by atoms with E-state index in [2.05, 4.69) is 41.1 Å². The molecule has 2 heterocycles. The first-order valence-corrected chi connectivity index (χ1v) is 6.68. The molecule has 2 unspecified atom stereocenters. The van der Waals surface area contributed by atoms with Crippen LogP contribution in [0.1, 0.15) is 31.2 Å². The van der Waals surface area contributed by atoms with Gasteiger partial charge in [-0.2, -0.15) is 0 Å². The molecule has 0 spiro atoms. The third-order valence-corrected chi connectivity index (χ3v) is 3.68. The second-order valence-electron chi connectivity index (χ2n) is 5.17. The van der Waals surface area contributed by atoms with Gasteiger partial charge in [-0.15, -0.1) is 0 Å². The molecular formula is C16H18N2O. The van der Waals surface area contributed by atoms with E-state index in [9.17, 15) is 5.11 Å². The van der Waals surface area contributed by atoms with Crippen LogP contribution in [0.4, 0.5) is 11.4 Å². The third kappa shape index (κ3) is 2.10. The van der Waals surface area contributed by atoms with Crippen LogP contribution in [0.2, 0.25) is 0 Å². The van der Waals surface area contributed by atoms with E-state index in [0.29, 0.717) is 11.7 Å². The number of pyridine rings is 1. The highest BCUT2D eigenvalue weighted by molar-refractivity contribution is 5.70. The van der Waals surface area contributed by atoms with Crippen molar-refractivity contribution in [3.05, 3.63) is 53.9 Å². The summed E-state index contributed by atoms with van der Waals surface area (Å²) in [7, 11) is 0. The Kier molecular flexibility index (Phi) is 2.99. The van der Waals surface area contributed by atoms with Crippen LogP contribution in [0.25, 0.3) is 0 Å². The molecule has 19 heavy (non-hydrogen) atoms. The van der Waals surface area contributed by atoms with Crippen LogP contribution >= 0.6 is 0 Å². The highest BCUT2D eigenvalue weighted by Crippen LogP contribution is 2.37. The van der Waals surface area contributed by atoms with Gasteiger partial charge in [0.25, 0.3) is 0 Å². The molecule has 98 valence electrons. The van der Waals surface area contributed by atoms with E-state index >= 15 is 0 Å². The highest BCUT2D eigenvalue weighted by Gasteiger charge is 2.26. The van der Waals surface area contributed by atoms with Crippen molar-refractivity contribution in [3.63, 3.8) is 0 Å². The summed E-state index contributed by atoms with van der Waals surface area (Å²) in [5, 5.41) is 9.51. The maximum absolute atomic E-state index is 9.51. The number of fused-ring (bicyclic) bond motifs is 1. The Morgan fingerprint density at radius 2 is 2.05 bits per heavy atom. The van der Waals surface area contributed by atoms with E-state index in [4.69, 9.17) is 0 Å². The molecule has 1 aromatic heterocycles. The average molecular weight is 254 g/mol. The van der Waals surface area contributed by atoms with Crippen molar-refractivity contribution in [2.75, 3.05) is 4.90 Å². The van der Waals surface area contributed by atoms with Crippen LogP contribution in [-0.2, 0) is 6.42 Å². The number of benzene rings is 1. The fourth-order valence-corrected chi connectivity index (χ4v) is 2.75. The van der Waals surface area contributed by atoms with Crippen molar-refractivity contribution in [3.8, 4) is 0 Å². The molecule has 0 amide bonds. The Morgan fingerprint density at radius 3 is 2.74 bits per heavy atom. The van der Waals surface area contributed by atoms with Gasteiger partial charge in [0.05, 0.1) is 23.7 Å². The van der Waals surface area contributed by atoms with E-state index in [1.807, 2.05) is 18.3 Å². The molecule has 3 nitrogen and oxygen atoms in total. The maximum atomic E-state index is 9.51. The molecule has 2 aromatic rings. The van der Waals surface area contributed by atoms with E-state index in [0.717, 1.165) is 12.1 Å². The Balaban J connectivity index is 1.98. The lowest BCUT2D eigenvalue weighted by Gasteiger charge is -2.25. The minimum Gasteiger partial charge on any atom is -0.387 e. The number of nitrogens with zero attached hydrogens (tertiary/aromatic N) is 2. The topological polar surface area (TPSA) is 36.4 Å². The molecule has 0 aliphatic carbocycles. The monoisotopic (exact) mass is 254 g/mol. The zero-order valence-electron chi connectivity index (χ0n) is 11.2. The smallest absolute Gasteiger partial charge is 0.0931 e. The predicted octanol–water partition coefficient (Wildman–Crippen LogP) is 3.22. The molecule has 3 heteroatoms. The van der Waals surface area contributed by atoms with Crippen LogP contribution in [-0.4, -0.2) is 16.1 Å². The van der Waals surface area contributed by atoms with Crippen LogP contribution in [0.5, 0.6) is 0 Å². The zero-order chi connectivity index (χ0) is 13.4. The largest absolute Gasteiger partial charge is 0.387 e. The van der Waals surface area contributed by atoms with Gasteiger partial charge in [-0.1, -0.05) is 18.2 Å². The maximum Gasteiger partial charge on any atom is 0.0931 e. The number of aromatic nitrogens is 1. The summed E-state index contributed by atoms with van der Waals surface area (Å²) in [5.41, 5.74) is 4.45. The summed E-state index contributed by atoms with van der Waals surface area (Å²) in [6.07, 6.45) is 2.40. The van der Waals surface area contributed by atoms with Gasteiger partial charge in [0.1, 0.15) is 0 Å². The molecule has 3 rings (SSSR count). The average Bonchev–Trinajstić information content (AvgIpc) is 2.74. The lowest BCUT2D eigenvalue weighted by Crippen LogP contribution is -2.24.